The summed E-state index contributed by atoms with van der Waals surface area (Å²) in [6.45, 7) is 9.81. The normalized spacial score (nSPS) is 38.5. The van der Waals surface area contributed by atoms with E-state index >= 15 is 0 Å². The van der Waals surface area contributed by atoms with Crippen molar-refractivity contribution in [2.45, 2.75) is 65.0 Å². The van der Waals surface area contributed by atoms with Crippen molar-refractivity contribution in [3.8, 4) is 0 Å². The average Bonchev–Trinajstić information content (AvgIpc) is 2.93. The molecule has 1 aliphatic carbocycles. The molecule has 3 rings (SSSR count). The summed E-state index contributed by atoms with van der Waals surface area (Å²) < 4.78 is 11.4. The van der Waals surface area contributed by atoms with Gasteiger partial charge in [-0.25, -0.2) is 0 Å². The Labute approximate surface area is 155 Å². The first-order valence-corrected chi connectivity index (χ1v) is 9.64. The number of carbonyl (C=O) groups excluding carboxylic acids is 3. The van der Waals surface area contributed by atoms with Crippen LogP contribution in [0.5, 0.6) is 0 Å². The zero-order valence-corrected chi connectivity index (χ0v) is 16.1. The topological polar surface area (TPSA) is 76.2 Å². The molecule has 0 aromatic rings. The maximum Gasteiger partial charge on any atom is 0.227 e. The van der Waals surface area contributed by atoms with Crippen molar-refractivity contribution in [1.29, 1.82) is 0 Å². The summed E-state index contributed by atoms with van der Waals surface area (Å²) in [5.74, 6) is -1.23. The summed E-state index contributed by atoms with van der Waals surface area (Å²) >= 11 is 0. The Morgan fingerprint density at radius 2 is 1.04 bits per heavy atom. The molecule has 3 fully saturated rings. The zero-order chi connectivity index (χ0) is 19.0. The second-order valence-corrected chi connectivity index (χ2v) is 8.16. The Balaban J connectivity index is 1.72. The fourth-order valence-corrected chi connectivity index (χ4v) is 4.56. The number of Topliss-reactive ketones (excluding diaryl/α,β-unsaturated/α-hetero) is 1. The second-order valence-electron chi connectivity index (χ2n) is 8.16. The summed E-state index contributed by atoms with van der Waals surface area (Å²) in [7, 11) is 0. The summed E-state index contributed by atoms with van der Waals surface area (Å²) in [5, 5.41) is 0. The molecule has 0 unspecified atom stereocenters. The van der Waals surface area contributed by atoms with Gasteiger partial charge in [-0.15, -0.1) is 0 Å². The Hall–Kier alpha value is -1.47. The van der Waals surface area contributed by atoms with Crippen molar-refractivity contribution in [3.63, 3.8) is 0 Å². The van der Waals surface area contributed by atoms with E-state index in [1.807, 2.05) is 27.7 Å². The van der Waals surface area contributed by atoms with Crippen LogP contribution in [-0.4, -0.2) is 78.0 Å². The molecule has 0 bridgehead atoms. The van der Waals surface area contributed by atoms with Gasteiger partial charge in [-0.3, -0.25) is 14.4 Å². The predicted molar refractivity (Wildman–Crippen MR) is 94.4 cm³/mol. The maximum absolute atomic E-state index is 13.1. The van der Waals surface area contributed by atoms with Crippen molar-refractivity contribution in [1.82, 2.24) is 9.80 Å². The third-order valence-corrected chi connectivity index (χ3v) is 5.48. The lowest BCUT2D eigenvalue weighted by atomic mass is 9.92. The fraction of sp³-hybridized carbons (Fsp3) is 0.842. The Bertz CT molecular complexity index is 512. The molecule has 2 amide bonds. The number of carbonyl (C=O) groups is 3. The van der Waals surface area contributed by atoms with E-state index in [1.165, 1.54) is 0 Å². The second kappa shape index (κ2) is 7.64. The molecule has 1 saturated carbocycles. The predicted octanol–water partition coefficient (Wildman–Crippen LogP) is 0.853. The largest absolute Gasteiger partial charge is 0.372 e. The summed E-state index contributed by atoms with van der Waals surface area (Å²) in [5.41, 5.74) is 0. The molecular weight excluding hydrogens is 336 g/mol. The van der Waals surface area contributed by atoms with Gasteiger partial charge in [-0.2, -0.15) is 0 Å². The van der Waals surface area contributed by atoms with Gasteiger partial charge in [-0.1, -0.05) is 0 Å². The molecule has 0 spiro atoms. The van der Waals surface area contributed by atoms with Crippen LogP contribution < -0.4 is 0 Å². The van der Waals surface area contributed by atoms with Crippen LogP contribution in [0.25, 0.3) is 0 Å². The zero-order valence-electron chi connectivity index (χ0n) is 16.1. The van der Waals surface area contributed by atoms with Gasteiger partial charge < -0.3 is 19.3 Å². The summed E-state index contributed by atoms with van der Waals surface area (Å²) in [6.07, 6.45) is 0.213. The molecule has 7 nitrogen and oxygen atoms in total. The van der Waals surface area contributed by atoms with Gasteiger partial charge in [0.05, 0.1) is 36.3 Å². The van der Waals surface area contributed by atoms with E-state index in [1.54, 1.807) is 9.80 Å². The van der Waals surface area contributed by atoms with Gasteiger partial charge in [0.1, 0.15) is 5.78 Å². The lowest BCUT2D eigenvalue weighted by molar-refractivity contribution is -0.156. The molecule has 0 aromatic carbocycles. The van der Waals surface area contributed by atoms with Crippen LogP contribution in [0.2, 0.25) is 0 Å². The van der Waals surface area contributed by atoms with E-state index < -0.39 is 11.8 Å². The Morgan fingerprint density at radius 3 is 1.35 bits per heavy atom. The highest BCUT2D eigenvalue weighted by Crippen LogP contribution is 2.34. The van der Waals surface area contributed by atoms with Crippen molar-refractivity contribution in [3.05, 3.63) is 0 Å². The highest BCUT2D eigenvalue weighted by atomic mass is 16.5. The standard InChI is InChI=1S/C19H30N2O5/c1-11-7-20(8-12(2)25-11)18(23)16-5-15(22)6-17(16)19(24)21-9-13(3)26-14(4)10-21/h11-14,16-17H,5-10H2,1-4H3/t11-,12-,13+,14+,16-,17+. The highest BCUT2D eigenvalue weighted by Gasteiger charge is 2.46. The number of nitrogens with zero attached hydrogens (tertiary/aromatic N) is 2. The lowest BCUT2D eigenvalue weighted by Gasteiger charge is -2.39. The van der Waals surface area contributed by atoms with Gasteiger partial charge in [0, 0.05) is 39.0 Å². The van der Waals surface area contributed by atoms with Crippen LogP contribution >= 0.6 is 0 Å². The van der Waals surface area contributed by atoms with Crippen molar-refractivity contribution in [2.75, 3.05) is 26.2 Å². The van der Waals surface area contributed by atoms with Gasteiger partial charge in [-0.05, 0) is 27.7 Å². The van der Waals surface area contributed by atoms with Gasteiger partial charge in [0.15, 0.2) is 0 Å². The molecule has 3 aliphatic rings. The van der Waals surface area contributed by atoms with Gasteiger partial charge >= 0.3 is 0 Å². The number of ketones is 1. The molecule has 146 valence electrons. The van der Waals surface area contributed by atoms with Crippen LogP contribution in [0.1, 0.15) is 40.5 Å². The molecule has 0 aromatic heterocycles. The van der Waals surface area contributed by atoms with Crippen molar-refractivity contribution >= 4 is 17.6 Å². The Morgan fingerprint density at radius 1 is 0.731 bits per heavy atom. The minimum atomic E-state index is -0.541. The molecule has 7 heteroatoms. The van der Waals surface area contributed by atoms with E-state index in [9.17, 15) is 14.4 Å². The number of amides is 2. The van der Waals surface area contributed by atoms with Crippen LogP contribution in [0, 0.1) is 11.8 Å². The molecule has 0 N–H and O–H groups in total. The minimum Gasteiger partial charge on any atom is -0.372 e. The van der Waals surface area contributed by atoms with E-state index in [0.717, 1.165) is 0 Å². The monoisotopic (exact) mass is 366 g/mol. The maximum atomic E-state index is 13.1. The minimum absolute atomic E-state index is 0.00501. The third-order valence-electron chi connectivity index (χ3n) is 5.48. The van der Waals surface area contributed by atoms with E-state index in [4.69, 9.17) is 9.47 Å². The molecule has 2 saturated heterocycles. The van der Waals surface area contributed by atoms with Crippen LogP contribution in [-0.2, 0) is 23.9 Å². The molecule has 0 radical (unpaired) electrons. The first-order valence-electron chi connectivity index (χ1n) is 9.64. The number of hydrogen-bond acceptors (Lipinski definition) is 5. The van der Waals surface area contributed by atoms with Crippen LogP contribution in [0.15, 0.2) is 0 Å². The van der Waals surface area contributed by atoms with Crippen LogP contribution in [0.4, 0.5) is 0 Å². The molecule has 2 heterocycles. The number of hydrogen-bond donors (Lipinski definition) is 0. The van der Waals surface area contributed by atoms with Crippen molar-refractivity contribution in [2.24, 2.45) is 11.8 Å². The molecule has 26 heavy (non-hydrogen) atoms. The van der Waals surface area contributed by atoms with Gasteiger partial charge in [0.2, 0.25) is 11.8 Å². The van der Waals surface area contributed by atoms with E-state index in [0.29, 0.717) is 26.2 Å². The SMILES string of the molecule is C[C@@H]1CN(C(=O)[C@@H]2CC(=O)C[C@@H]2C(=O)N2C[C@H](C)O[C@@H](C)C2)C[C@@H](C)O1. The first-order chi connectivity index (χ1) is 12.2. The molecule has 6 atom stereocenters. The summed E-state index contributed by atoms with van der Waals surface area (Å²) in [4.78, 5) is 41.8. The van der Waals surface area contributed by atoms with Crippen LogP contribution in [0.3, 0.4) is 0 Å². The van der Waals surface area contributed by atoms with E-state index in [2.05, 4.69) is 0 Å². The Kier molecular flexibility index (Phi) is 5.67. The fourth-order valence-electron chi connectivity index (χ4n) is 4.56. The average molecular weight is 366 g/mol. The van der Waals surface area contributed by atoms with Crippen molar-refractivity contribution < 1.29 is 23.9 Å². The highest BCUT2D eigenvalue weighted by molar-refractivity contribution is 5.98. The first kappa shape index (κ1) is 19.3. The third kappa shape index (κ3) is 4.09. The number of morpholine rings is 2. The quantitative estimate of drug-likeness (QED) is 0.724. The lowest BCUT2D eigenvalue weighted by Crippen LogP contribution is -2.53. The smallest absolute Gasteiger partial charge is 0.227 e. The number of ether oxygens (including phenoxy) is 2. The van der Waals surface area contributed by atoms with E-state index in [-0.39, 0.29) is 54.9 Å². The summed E-state index contributed by atoms with van der Waals surface area (Å²) in [6, 6.07) is 0. The van der Waals surface area contributed by atoms with Gasteiger partial charge in [0.25, 0.3) is 0 Å². The number of rotatable bonds is 2. The molecular formula is C19H30N2O5. The molecule has 2 aliphatic heterocycles.